The molecule has 0 saturated carbocycles. The molecule has 0 aliphatic heterocycles. The van der Waals surface area contributed by atoms with E-state index in [1.807, 2.05) is 6.08 Å². The van der Waals surface area contributed by atoms with Gasteiger partial charge in [0.2, 0.25) is 5.91 Å². The molecule has 0 aliphatic rings. The minimum atomic E-state index is -0.842. The van der Waals surface area contributed by atoms with Crippen molar-refractivity contribution in [2.75, 3.05) is 13.2 Å². The van der Waals surface area contributed by atoms with Crippen LogP contribution in [0.3, 0.4) is 0 Å². The van der Waals surface area contributed by atoms with E-state index in [4.69, 9.17) is 4.74 Å². The van der Waals surface area contributed by atoms with Gasteiger partial charge in [0.15, 0.2) is 0 Å². The van der Waals surface area contributed by atoms with Crippen molar-refractivity contribution in [1.82, 2.24) is 5.32 Å². The molecule has 0 aromatic rings. The molecule has 0 aliphatic carbocycles. The molecule has 0 aromatic heterocycles. The van der Waals surface area contributed by atoms with Crippen molar-refractivity contribution in [3.05, 3.63) is 12.2 Å². The Morgan fingerprint density at radius 1 is 0.329 bits per heavy atom. The van der Waals surface area contributed by atoms with Gasteiger partial charge in [-0.15, -0.1) is 0 Å². The fourth-order valence-electron chi connectivity index (χ4n) is 12.3. The lowest BCUT2D eigenvalue weighted by Crippen LogP contribution is -2.45. The van der Waals surface area contributed by atoms with Crippen LogP contribution in [-0.2, 0) is 14.3 Å². The standard InChI is InChI=1S/C76H149NO5/c1-3-5-7-9-11-13-15-16-17-18-19-20-30-33-36-39-42-45-49-52-56-60-64-68-74(79)73(72-78)77-75(80)69-65-61-57-53-50-46-43-40-37-34-31-28-26-24-22-21-23-25-27-29-32-35-38-41-44-47-51-55-59-63-67-71-82-76(81)70-66-62-58-54-48-14-12-10-8-6-4-2/h64,68,73-74,78-79H,3-63,65-67,69-72H2,1-2H3,(H,77,80)/b68-64+. The Labute approximate surface area is 514 Å². The number of aliphatic hydroxyl groups excluding tert-OH is 2. The molecule has 3 N–H and O–H groups in total. The van der Waals surface area contributed by atoms with Gasteiger partial charge in [-0.1, -0.05) is 405 Å². The zero-order chi connectivity index (χ0) is 59.2. The normalized spacial score (nSPS) is 12.5. The predicted molar refractivity (Wildman–Crippen MR) is 361 cm³/mol. The Morgan fingerprint density at radius 2 is 0.561 bits per heavy atom. The molecule has 6 nitrogen and oxygen atoms in total. The third kappa shape index (κ3) is 67.7. The number of amides is 1. The van der Waals surface area contributed by atoms with Crippen LogP contribution in [0.5, 0.6) is 0 Å². The topological polar surface area (TPSA) is 95.9 Å². The van der Waals surface area contributed by atoms with E-state index in [2.05, 4.69) is 19.2 Å². The fourth-order valence-corrected chi connectivity index (χ4v) is 12.3. The van der Waals surface area contributed by atoms with Crippen LogP contribution in [0.15, 0.2) is 12.2 Å². The van der Waals surface area contributed by atoms with Gasteiger partial charge in [-0.25, -0.2) is 0 Å². The molecule has 0 heterocycles. The molecule has 0 aromatic carbocycles. The van der Waals surface area contributed by atoms with Crippen molar-refractivity contribution >= 4 is 11.9 Å². The minimum absolute atomic E-state index is 0.0211. The van der Waals surface area contributed by atoms with E-state index < -0.39 is 12.1 Å². The number of hydrogen-bond acceptors (Lipinski definition) is 5. The van der Waals surface area contributed by atoms with E-state index in [0.29, 0.717) is 19.4 Å². The third-order valence-electron chi connectivity index (χ3n) is 18.1. The Kier molecular flexibility index (Phi) is 70.8. The highest BCUT2D eigenvalue weighted by Gasteiger charge is 2.18. The molecule has 82 heavy (non-hydrogen) atoms. The summed E-state index contributed by atoms with van der Waals surface area (Å²) in [7, 11) is 0. The summed E-state index contributed by atoms with van der Waals surface area (Å²) in [6.45, 7) is 4.95. The number of ether oxygens (including phenoxy) is 1. The summed E-state index contributed by atoms with van der Waals surface area (Å²) in [4.78, 5) is 24.6. The summed E-state index contributed by atoms with van der Waals surface area (Å²) in [5.74, 6) is -0.0373. The monoisotopic (exact) mass is 1160 g/mol. The first-order chi connectivity index (χ1) is 40.5. The van der Waals surface area contributed by atoms with Crippen molar-refractivity contribution in [2.24, 2.45) is 0 Å². The van der Waals surface area contributed by atoms with Crippen molar-refractivity contribution < 1.29 is 24.5 Å². The van der Waals surface area contributed by atoms with E-state index in [-0.39, 0.29) is 18.5 Å². The van der Waals surface area contributed by atoms with Crippen molar-refractivity contribution in [3.8, 4) is 0 Å². The van der Waals surface area contributed by atoms with Crippen LogP contribution >= 0.6 is 0 Å². The summed E-state index contributed by atoms with van der Waals surface area (Å²) in [6, 6.07) is -0.625. The maximum atomic E-state index is 12.5. The average Bonchev–Trinajstić information content (AvgIpc) is 3.48. The van der Waals surface area contributed by atoms with Gasteiger partial charge in [-0.2, -0.15) is 0 Å². The minimum Gasteiger partial charge on any atom is -0.466 e. The molecule has 0 saturated heterocycles. The molecular weight excluding hydrogens is 1010 g/mol. The molecule has 0 spiro atoms. The van der Waals surface area contributed by atoms with Crippen LogP contribution in [0.4, 0.5) is 0 Å². The van der Waals surface area contributed by atoms with Crippen molar-refractivity contribution in [3.63, 3.8) is 0 Å². The first kappa shape index (κ1) is 80.6. The number of rotatable bonds is 72. The Hall–Kier alpha value is -1.40. The molecule has 0 rings (SSSR count). The Morgan fingerprint density at radius 3 is 0.829 bits per heavy atom. The SMILES string of the molecule is CCCCCCCCCCCCCCCCCCCCCCC/C=C/C(O)C(CO)NC(=O)CCCCCCCCCCCCCCCCCCCCCCCCCCCCCCCCCOC(=O)CCCCCCCCCCCCC. The number of aliphatic hydroxyl groups is 2. The lowest BCUT2D eigenvalue weighted by Gasteiger charge is -2.20. The first-order valence-corrected chi connectivity index (χ1v) is 38.0. The summed E-state index contributed by atoms with van der Waals surface area (Å²) in [5, 5.41) is 23.3. The van der Waals surface area contributed by atoms with E-state index in [9.17, 15) is 19.8 Å². The quantitative estimate of drug-likeness (QED) is 0.0320. The highest BCUT2D eigenvalue weighted by Crippen LogP contribution is 2.20. The van der Waals surface area contributed by atoms with E-state index in [0.717, 1.165) is 38.5 Å². The van der Waals surface area contributed by atoms with Crippen LogP contribution < -0.4 is 5.32 Å². The number of unbranched alkanes of at least 4 members (excludes halogenated alkanes) is 61. The van der Waals surface area contributed by atoms with Gasteiger partial charge >= 0.3 is 5.97 Å². The summed E-state index contributed by atoms with van der Waals surface area (Å²) in [5.41, 5.74) is 0. The van der Waals surface area contributed by atoms with E-state index in [1.165, 1.54) is 372 Å². The van der Waals surface area contributed by atoms with Crippen LogP contribution in [0.1, 0.15) is 438 Å². The number of hydrogen-bond donors (Lipinski definition) is 3. The van der Waals surface area contributed by atoms with Crippen molar-refractivity contribution in [2.45, 2.75) is 450 Å². The van der Waals surface area contributed by atoms with Gasteiger partial charge in [0.1, 0.15) is 0 Å². The summed E-state index contributed by atoms with van der Waals surface area (Å²) in [6.07, 6.45) is 90.4. The molecule has 1 amide bonds. The number of carbonyl (C=O) groups is 2. The smallest absolute Gasteiger partial charge is 0.305 e. The van der Waals surface area contributed by atoms with E-state index in [1.54, 1.807) is 6.08 Å². The molecule has 2 unspecified atom stereocenters. The number of allylic oxidation sites excluding steroid dienone is 1. The molecule has 0 radical (unpaired) electrons. The van der Waals surface area contributed by atoms with E-state index >= 15 is 0 Å². The van der Waals surface area contributed by atoms with Gasteiger partial charge in [0.05, 0.1) is 25.4 Å². The highest BCUT2D eigenvalue weighted by atomic mass is 16.5. The second-order valence-electron chi connectivity index (χ2n) is 26.4. The zero-order valence-electron chi connectivity index (χ0n) is 56.0. The van der Waals surface area contributed by atoms with Crippen LogP contribution in [0.25, 0.3) is 0 Å². The van der Waals surface area contributed by atoms with Gasteiger partial charge in [0.25, 0.3) is 0 Å². The maximum absolute atomic E-state index is 12.5. The fraction of sp³-hybridized carbons (Fsp3) is 0.947. The molecule has 488 valence electrons. The predicted octanol–water partition coefficient (Wildman–Crippen LogP) is 24.7. The van der Waals surface area contributed by atoms with Gasteiger partial charge in [-0.3, -0.25) is 9.59 Å². The maximum Gasteiger partial charge on any atom is 0.305 e. The van der Waals surface area contributed by atoms with Gasteiger partial charge in [0, 0.05) is 12.8 Å². The molecule has 0 bridgehead atoms. The first-order valence-electron chi connectivity index (χ1n) is 38.0. The lowest BCUT2D eigenvalue weighted by molar-refractivity contribution is -0.143. The number of nitrogens with one attached hydrogen (secondary N) is 1. The Balaban J connectivity index is 3.36. The molecule has 6 heteroatoms. The van der Waals surface area contributed by atoms with Crippen LogP contribution in [0, 0.1) is 0 Å². The lowest BCUT2D eigenvalue weighted by atomic mass is 10.0. The second kappa shape index (κ2) is 72.1. The molecular formula is C76H149NO5. The third-order valence-corrected chi connectivity index (χ3v) is 18.1. The average molecular weight is 1160 g/mol. The van der Waals surface area contributed by atoms with Gasteiger partial charge < -0.3 is 20.3 Å². The van der Waals surface area contributed by atoms with Crippen LogP contribution in [-0.4, -0.2) is 47.4 Å². The number of esters is 1. The molecule has 0 fully saturated rings. The Bertz CT molecular complexity index is 1240. The highest BCUT2D eigenvalue weighted by molar-refractivity contribution is 5.76. The second-order valence-corrected chi connectivity index (χ2v) is 26.4. The van der Waals surface area contributed by atoms with Gasteiger partial charge in [-0.05, 0) is 32.1 Å². The summed E-state index contributed by atoms with van der Waals surface area (Å²) < 4.78 is 5.48. The number of carbonyl (C=O) groups excluding carboxylic acids is 2. The largest absolute Gasteiger partial charge is 0.466 e. The summed E-state index contributed by atoms with van der Waals surface area (Å²) >= 11 is 0. The molecule has 2 atom stereocenters. The van der Waals surface area contributed by atoms with Crippen LogP contribution in [0.2, 0.25) is 0 Å². The van der Waals surface area contributed by atoms with Crippen molar-refractivity contribution in [1.29, 1.82) is 0 Å². The zero-order valence-corrected chi connectivity index (χ0v) is 56.0.